The number of amides is 1. The van der Waals surface area contributed by atoms with Crippen molar-refractivity contribution in [2.75, 3.05) is 6.54 Å². The van der Waals surface area contributed by atoms with Crippen LogP contribution in [0.2, 0.25) is 0 Å². The second-order valence-corrected chi connectivity index (χ2v) is 10.6. The molecule has 0 saturated heterocycles. The van der Waals surface area contributed by atoms with Crippen molar-refractivity contribution in [3.05, 3.63) is 65.1 Å². The predicted molar refractivity (Wildman–Crippen MR) is 119 cm³/mol. The van der Waals surface area contributed by atoms with Gasteiger partial charge in [0.2, 0.25) is 5.89 Å². The fourth-order valence-electron chi connectivity index (χ4n) is 4.95. The highest BCUT2D eigenvalue weighted by molar-refractivity contribution is 7.19. The van der Waals surface area contributed by atoms with E-state index >= 15 is 0 Å². The van der Waals surface area contributed by atoms with E-state index < -0.39 is 6.04 Å². The molecule has 32 heavy (non-hydrogen) atoms. The minimum absolute atomic E-state index is 0.0290. The first-order valence-electron chi connectivity index (χ1n) is 10.8. The smallest absolute Gasteiger partial charge is 0.312 e. The van der Waals surface area contributed by atoms with Crippen molar-refractivity contribution >= 4 is 20.7 Å². The monoisotopic (exact) mass is 449 g/mol. The van der Waals surface area contributed by atoms with Gasteiger partial charge in [-0.15, -0.1) is 19.4 Å². The molecule has 4 aromatic rings. The van der Waals surface area contributed by atoms with Crippen molar-refractivity contribution in [1.82, 2.24) is 34.7 Å². The Bertz CT molecular complexity index is 1330. The van der Waals surface area contributed by atoms with E-state index in [1.165, 1.54) is 0 Å². The maximum Gasteiger partial charge on any atom is 0.312 e. The van der Waals surface area contributed by atoms with Crippen LogP contribution in [0.1, 0.15) is 70.9 Å². The lowest BCUT2D eigenvalue weighted by Gasteiger charge is -2.40. The molecule has 1 unspecified atom stereocenters. The van der Waals surface area contributed by atoms with Gasteiger partial charge in [-0.2, -0.15) is 5.10 Å². The van der Waals surface area contributed by atoms with E-state index in [0.717, 1.165) is 41.0 Å². The van der Waals surface area contributed by atoms with E-state index in [1.807, 2.05) is 35.8 Å². The van der Waals surface area contributed by atoms with Crippen molar-refractivity contribution in [3.8, 4) is 0 Å². The molecule has 0 bridgehead atoms. The third-order valence-corrected chi connectivity index (χ3v) is 7.07. The molecule has 5 heterocycles. The minimum Gasteiger partial charge on any atom is -0.417 e. The zero-order valence-corrected chi connectivity index (χ0v) is 19.1. The van der Waals surface area contributed by atoms with Crippen LogP contribution in [0, 0.1) is 6.92 Å². The summed E-state index contributed by atoms with van der Waals surface area (Å²) < 4.78 is 7.69. The van der Waals surface area contributed by atoms with Crippen LogP contribution in [-0.2, 0) is 6.42 Å². The number of pyridine rings is 1. The summed E-state index contributed by atoms with van der Waals surface area (Å²) in [5, 5.41) is 13.3. The van der Waals surface area contributed by atoms with E-state index in [1.54, 1.807) is 11.2 Å². The SMILES string of the molecule is Cc1cccn2nc([C@@H]3c4nc[nH]c4CCN3C(=O)c3nnc(C4CC(C)(P)C4)o3)cc12. The molecule has 0 radical (unpaired) electrons. The first kappa shape index (κ1) is 19.6. The Morgan fingerprint density at radius 3 is 2.97 bits per heavy atom. The molecule has 9 nitrogen and oxygen atoms in total. The molecule has 4 aromatic heterocycles. The molecule has 6 rings (SSSR count). The van der Waals surface area contributed by atoms with Gasteiger partial charge in [0, 0.05) is 30.8 Å². The summed E-state index contributed by atoms with van der Waals surface area (Å²) in [5.41, 5.74) is 4.71. The zero-order chi connectivity index (χ0) is 22.0. The van der Waals surface area contributed by atoms with E-state index in [0.29, 0.717) is 18.9 Å². The minimum atomic E-state index is -0.425. The lowest BCUT2D eigenvalue weighted by molar-refractivity contribution is 0.0642. The maximum absolute atomic E-state index is 13.5. The molecule has 1 fully saturated rings. The molecular weight excluding hydrogens is 425 g/mol. The molecule has 10 heteroatoms. The molecule has 2 atom stereocenters. The predicted octanol–water partition coefficient (Wildman–Crippen LogP) is 3.05. The number of hydrogen-bond acceptors (Lipinski definition) is 6. The van der Waals surface area contributed by atoms with Crippen LogP contribution in [0.15, 0.2) is 35.1 Å². The standard InChI is InChI=1S/C22H24N7O2P/c1-12-4-3-6-29-16(12)8-15(27-29)18-17-14(23-11-24-17)5-7-28(18)21(30)20-26-25-19(31-20)13-9-22(2,32)10-13/h3-4,6,8,11,13,18H,5,7,9-10,32H2,1-2H3,(H,23,24)/t13?,18-,22?/m1/s1. The van der Waals surface area contributed by atoms with Gasteiger partial charge in [-0.3, -0.25) is 4.79 Å². The summed E-state index contributed by atoms with van der Waals surface area (Å²) in [6.07, 6.45) is 6.18. The van der Waals surface area contributed by atoms with Crippen LogP contribution in [0.3, 0.4) is 0 Å². The van der Waals surface area contributed by atoms with Gasteiger partial charge in [0.25, 0.3) is 0 Å². The number of H-pyrrole nitrogens is 1. The van der Waals surface area contributed by atoms with E-state index in [-0.39, 0.29) is 22.9 Å². The Kier molecular flexibility index (Phi) is 4.27. The third-order valence-electron chi connectivity index (χ3n) is 6.60. The molecule has 1 amide bonds. The summed E-state index contributed by atoms with van der Waals surface area (Å²) in [4.78, 5) is 23.0. The molecule has 0 aromatic carbocycles. The number of rotatable bonds is 3. The fraction of sp³-hybridized carbons (Fsp3) is 0.409. The lowest BCUT2D eigenvalue weighted by Crippen LogP contribution is -2.41. The number of nitrogens with one attached hydrogen (secondary N) is 1. The van der Waals surface area contributed by atoms with E-state index in [9.17, 15) is 4.79 Å². The molecular formula is C22H24N7O2P. The summed E-state index contributed by atoms with van der Waals surface area (Å²) >= 11 is 0. The maximum atomic E-state index is 13.5. The van der Waals surface area contributed by atoms with Gasteiger partial charge >= 0.3 is 11.8 Å². The fourth-order valence-corrected chi connectivity index (χ4v) is 5.52. The zero-order valence-electron chi connectivity index (χ0n) is 17.9. The Morgan fingerprint density at radius 2 is 2.19 bits per heavy atom. The van der Waals surface area contributed by atoms with Crippen molar-refractivity contribution in [1.29, 1.82) is 0 Å². The summed E-state index contributed by atoms with van der Waals surface area (Å²) in [6, 6.07) is 5.61. The topological polar surface area (TPSA) is 105 Å². The number of aromatic amines is 1. The van der Waals surface area contributed by atoms with Gasteiger partial charge in [-0.05, 0) is 42.6 Å². The number of nitrogens with zero attached hydrogens (tertiary/aromatic N) is 6. The van der Waals surface area contributed by atoms with Crippen LogP contribution >= 0.6 is 9.24 Å². The second kappa shape index (κ2) is 6.97. The summed E-state index contributed by atoms with van der Waals surface area (Å²) in [7, 11) is 2.87. The number of hydrogen-bond donors (Lipinski definition) is 1. The average molecular weight is 449 g/mol. The molecule has 1 aliphatic heterocycles. The largest absolute Gasteiger partial charge is 0.417 e. The van der Waals surface area contributed by atoms with Gasteiger partial charge in [0.05, 0.1) is 23.2 Å². The number of aromatic nitrogens is 6. The highest BCUT2D eigenvalue weighted by atomic mass is 31.0. The Labute approximate surface area is 186 Å². The van der Waals surface area contributed by atoms with E-state index in [2.05, 4.69) is 36.3 Å². The van der Waals surface area contributed by atoms with Gasteiger partial charge in [0.15, 0.2) is 0 Å². The lowest BCUT2D eigenvalue weighted by atomic mass is 9.75. The van der Waals surface area contributed by atoms with Gasteiger partial charge in [-0.25, -0.2) is 9.50 Å². The highest BCUT2D eigenvalue weighted by Gasteiger charge is 2.42. The van der Waals surface area contributed by atoms with Gasteiger partial charge in [0.1, 0.15) is 6.04 Å². The van der Waals surface area contributed by atoms with Gasteiger partial charge in [-0.1, -0.05) is 13.0 Å². The van der Waals surface area contributed by atoms with Crippen LogP contribution < -0.4 is 0 Å². The summed E-state index contributed by atoms with van der Waals surface area (Å²) in [5.74, 6) is 0.499. The molecule has 1 saturated carbocycles. The molecule has 1 aliphatic carbocycles. The summed E-state index contributed by atoms with van der Waals surface area (Å²) in [6.45, 7) is 4.74. The molecule has 1 N–H and O–H groups in total. The number of fused-ring (bicyclic) bond motifs is 2. The number of carbonyl (C=O) groups is 1. The number of imidazole rings is 1. The van der Waals surface area contributed by atoms with Crippen molar-refractivity contribution in [2.24, 2.45) is 0 Å². The molecule has 2 aliphatic rings. The first-order chi connectivity index (χ1) is 15.4. The number of carbonyl (C=O) groups excluding carboxylic acids is 1. The Balaban J connectivity index is 1.36. The van der Waals surface area contributed by atoms with Crippen molar-refractivity contribution in [3.63, 3.8) is 0 Å². The molecule has 0 spiro atoms. The Morgan fingerprint density at radius 1 is 1.34 bits per heavy atom. The van der Waals surface area contributed by atoms with E-state index in [4.69, 9.17) is 9.52 Å². The normalized spacial score (nSPS) is 25.0. The van der Waals surface area contributed by atoms with Crippen LogP contribution in [0.25, 0.3) is 5.52 Å². The molecule has 164 valence electrons. The van der Waals surface area contributed by atoms with Gasteiger partial charge < -0.3 is 14.3 Å². The second-order valence-electron chi connectivity index (χ2n) is 9.21. The van der Waals surface area contributed by atoms with Crippen LogP contribution in [-0.4, -0.2) is 52.3 Å². The quantitative estimate of drug-likeness (QED) is 0.482. The van der Waals surface area contributed by atoms with Crippen molar-refractivity contribution in [2.45, 2.75) is 50.2 Å². The number of aryl methyl sites for hydroxylation is 1. The average Bonchev–Trinajstić information content (AvgIpc) is 3.49. The van der Waals surface area contributed by atoms with Crippen LogP contribution in [0.4, 0.5) is 0 Å². The van der Waals surface area contributed by atoms with Crippen LogP contribution in [0.5, 0.6) is 0 Å². The van der Waals surface area contributed by atoms with Crippen molar-refractivity contribution < 1.29 is 9.21 Å². The first-order valence-corrected chi connectivity index (χ1v) is 11.4. The Hall–Kier alpha value is -3.06. The third kappa shape index (κ3) is 3.06. The highest BCUT2D eigenvalue weighted by Crippen LogP contribution is 2.49.